The predicted octanol–water partition coefficient (Wildman–Crippen LogP) is 0.760. The average molecular weight is 311 g/mol. The molecule has 2 N–H and O–H groups in total. The molecule has 2 rings (SSSR count). The van der Waals surface area contributed by atoms with Crippen molar-refractivity contribution >= 4 is 23.9 Å². The number of alkyl carbamates (subject to hydrolysis) is 1. The van der Waals surface area contributed by atoms with E-state index in [0.29, 0.717) is 18.8 Å². The lowest BCUT2D eigenvalue weighted by Gasteiger charge is -2.33. The van der Waals surface area contributed by atoms with Gasteiger partial charge in [0.15, 0.2) is 0 Å². The van der Waals surface area contributed by atoms with E-state index >= 15 is 0 Å². The van der Waals surface area contributed by atoms with Gasteiger partial charge in [0.05, 0.1) is 6.61 Å². The first kappa shape index (κ1) is 16.3. The van der Waals surface area contributed by atoms with E-state index < -0.39 is 30.1 Å². The largest absolute Gasteiger partial charge is 0.450 e. The maximum Gasteiger partial charge on any atom is 0.413 e. The lowest BCUT2D eigenvalue weighted by Crippen LogP contribution is -2.50. The summed E-state index contributed by atoms with van der Waals surface area (Å²) in [6, 6.07) is -0.585. The number of nitrogens with zero attached hydrogens (tertiary/aromatic N) is 1. The Morgan fingerprint density at radius 2 is 2.00 bits per heavy atom. The normalized spacial score (nSPS) is 27.7. The third kappa shape index (κ3) is 3.20. The maximum absolute atomic E-state index is 12.5. The maximum atomic E-state index is 12.5. The van der Waals surface area contributed by atoms with Crippen molar-refractivity contribution in [2.75, 3.05) is 13.2 Å². The van der Waals surface area contributed by atoms with E-state index in [2.05, 4.69) is 17.0 Å². The van der Waals surface area contributed by atoms with Gasteiger partial charge in [-0.15, -0.1) is 0 Å². The molecular weight excluding hydrogens is 290 g/mol. The lowest BCUT2D eigenvalue weighted by atomic mass is 9.77. The van der Waals surface area contributed by atoms with Gasteiger partial charge in [0.25, 0.3) is 5.91 Å². The highest BCUT2D eigenvalue weighted by molar-refractivity contribution is 6.09. The van der Waals surface area contributed by atoms with Crippen molar-refractivity contribution in [3.63, 3.8) is 0 Å². The second-order valence-corrected chi connectivity index (χ2v) is 5.85. The third-order valence-electron chi connectivity index (χ3n) is 4.19. The molecule has 0 radical (unpaired) electrons. The number of amides is 5. The van der Waals surface area contributed by atoms with E-state index in [1.54, 1.807) is 6.92 Å². The van der Waals surface area contributed by atoms with Crippen molar-refractivity contribution < 1.29 is 23.9 Å². The molecule has 0 aromatic carbocycles. The summed E-state index contributed by atoms with van der Waals surface area (Å²) in [5.74, 6) is -0.608. The molecule has 122 valence electrons. The Labute approximate surface area is 128 Å². The van der Waals surface area contributed by atoms with Gasteiger partial charge >= 0.3 is 12.1 Å². The summed E-state index contributed by atoms with van der Waals surface area (Å²) in [5.41, 5.74) is -0.881. The molecule has 1 heterocycles. The Hall–Kier alpha value is -2.12. The summed E-state index contributed by atoms with van der Waals surface area (Å²) in [6.45, 7) is 3.36. The molecule has 0 atom stereocenters. The molecule has 0 bridgehead atoms. The summed E-state index contributed by atoms with van der Waals surface area (Å²) in [4.78, 5) is 48.2. The first-order valence-corrected chi connectivity index (χ1v) is 7.48. The molecule has 0 aromatic heterocycles. The second kappa shape index (κ2) is 6.33. The van der Waals surface area contributed by atoms with Gasteiger partial charge in [0, 0.05) is 0 Å². The number of hydrogen-bond donors (Lipinski definition) is 2. The van der Waals surface area contributed by atoms with Crippen LogP contribution in [0.2, 0.25) is 0 Å². The Morgan fingerprint density at radius 1 is 1.36 bits per heavy atom. The van der Waals surface area contributed by atoms with E-state index in [4.69, 9.17) is 0 Å². The number of nitrogens with one attached hydrogen (secondary N) is 2. The molecular formula is C14H21N3O5. The minimum absolute atomic E-state index is 0.129. The lowest BCUT2D eigenvalue weighted by molar-refractivity contribution is -0.135. The van der Waals surface area contributed by atoms with Crippen LogP contribution in [0.4, 0.5) is 9.59 Å². The van der Waals surface area contributed by atoms with Crippen LogP contribution in [-0.2, 0) is 14.3 Å². The molecule has 1 saturated carbocycles. The molecule has 1 spiro atoms. The van der Waals surface area contributed by atoms with Gasteiger partial charge in [-0.2, -0.15) is 0 Å². The monoisotopic (exact) mass is 311 g/mol. The van der Waals surface area contributed by atoms with Crippen molar-refractivity contribution in [3.05, 3.63) is 0 Å². The minimum Gasteiger partial charge on any atom is -0.450 e. The number of rotatable bonds is 3. The molecule has 8 nitrogen and oxygen atoms in total. The molecule has 8 heteroatoms. The van der Waals surface area contributed by atoms with E-state index in [-0.39, 0.29) is 12.5 Å². The Bertz CT molecular complexity index is 497. The second-order valence-electron chi connectivity index (χ2n) is 5.85. The molecule has 2 aliphatic rings. The van der Waals surface area contributed by atoms with Crippen LogP contribution >= 0.6 is 0 Å². The highest BCUT2D eigenvalue weighted by atomic mass is 16.5. The van der Waals surface area contributed by atoms with Crippen molar-refractivity contribution in [3.8, 4) is 0 Å². The molecule has 1 saturated heterocycles. The molecule has 5 amide bonds. The summed E-state index contributed by atoms with van der Waals surface area (Å²) < 4.78 is 4.58. The molecule has 0 aromatic rings. The van der Waals surface area contributed by atoms with Crippen LogP contribution in [0.15, 0.2) is 0 Å². The van der Waals surface area contributed by atoms with Gasteiger partial charge in [0.1, 0.15) is 12.1 Å². The number of ether oxygens (including phenoxy) is 1. The van der Waals surface area contributed by atoms with Gasteiger partial charge in [0.2, 0.25) is 5.91 Å². The summed E-state index contributed by atoms with van der Waals surface area (Å²) in [5, 5.41) is 4.69. The Kier molecular flexibility index (Phi) is 4.68. The van der Waals surface area contributed by atoms with Crippen LogP contribution in [0.25, 0.3) is 0 Å². The standard InChI is InChI=1S/C14H21N3O5/c1-3-22-13(21)15-10(18)8-17-11(19)14(16-12(17)20)6-4-9(2)5-7-14/h9H,3-8H2,1-2H3,(H,16,20)(H,15,18,21). The SMILES string of the molecule is CCOC(=O)NC(=O)CN1C(=O)NC2(CCC(C)CC2)C1=O. The van der Waals surface area contributed by atoms with Crippen molar-refractivity contribution in [2.45, 2.75) is 45.1 Å². The van der Waals surface area contributed by atoms with Crippen LogP contribution in [0.5, 0.6) is 0 Å². The summed E-state index contributed by atoms with van der Waals surface area (Å²) in [7, 11) is 0. The average Bonchev–Trinajstić information content (AvgIpc) is 2.67. The van der Waals surface area contributed by atoms with E-state index in [1.807, 2.05) is 5.32 Å². The fourth-order valence-corrected chi connectivity index (χ4v) is 2.88. The Morgan fingerprint density at radius 3 is 2.59 bits per heavy atom. The van der Waals surface area contributed by atoms with Crippen LogP contribution < -0.4 is 10.6 Å². The number of carbonyl (C=O) groups excluding carboxylic acids is 4. The molecule has 2 fully saturated rings. The van der Waals surface area contributed by atoms with Gasteiger partial charge in [-0.1, -0.05) is 6.92 Å². The van der Waals surface area contributed by atoms with Crippen molar-refractivity contribution in [1.82, 2.24) is 15.5 Å². The topological polar surface area (TPSA) is 105 Å². The van der Waals surface area contributed by atoms with E-state index in [1.165, 1.54) is 0 Å². The fraction of sp³-hybridized carbons (Fsp3) is 0.714. The molecule has 22 heavy (non-hydrogen) atoms. The zero-order valence-electron chi connectivity index (χ0n) is 12.8. The minimum atomic E-state index is -0.888. The van der Waals surface area contributed by atoms with E-state index in [0.717, 1.165) is 17.7 Å². The van der Waals surface area contributed by atoms with Crippen molar-refractivity contribution in [2.24, 2.45) is 5.92 Å². The zero-order valence-corrected chi connectivity index (χ0v) is 12.8. The number of imide groups is 2. The first-order chi connectivity index (χ1) is 10.4. The van der Waals surface area contributed by atoms with E-state index in [9.17, 15) is 19.2 Å². The summed E-state index contributed by atoms with van der Waals surface area (Å²) in [6.07, 6.45) is 1.98. The molecule has 0 unspecified atom stereocenters. The smallest absolute Gasteiger partial charge is 0.413 e. The quantitative estimate of drug-likeness (QED) is 0.749. The third-order valence-corrected chi connectivity index (χ3v) is 4.19. The van der Waals surface area contributed by atoms with Crippen LogP contribution in [0.3, 0.4) is 0 Å². The first-order valence-electron chi connectivity index (χ1n) is 7.48. The van der Waals surface area contributed by atoms with Gasteiger partial charge < -0.3 is 10.1 Å². The predicted molar refractivity (Wildman–Crippen MR) is 75.8 cm³/mol. The van der Waals surface area contributed by atoms with Gasteiger partial charge in [-0.25, -0.2) is 9.59 Å². The van der Waals surface area contributed by atoms with Gasteiger partial charge in [-0.3, -0.25) is 19.8 Å². The fourth-order valence-electron chi connectivity index (χ4n) is 2.88. The van der Waals surface area contributed by atoms with Gasteiger partial charge in [-0.05, 0) is 38.5 Å². The zero-order chi connectivity index (χ0) is 16.3. The summed E-state index contributed by atoms with van der Waals surface area (Å²) >= 11 is 0. The molecule has 1 aliphatic heterocycles. The molecule has 1 aliphatic carbocycles. The number of carbonyl (C=O) groups is 4. The van der Waals surface area contributed by atoms with Crippen molar-refractivity contribution in [1.29, 1.82) is 0 Å². The number of hydrogen-bond acceptors (Lipinski definition) is 5. The highest BCUT2D eigenvalue weighted by Crippen LogP contribution is 2.36. The Balaban J connectivity index is 1.97. The van der Waals surface area contributed by atoms with Crippen LogP contribution in [0, 0.1) is 5.92 Å². The van der Waals surface area contributed by atoms with Crippen LogP contribution in [-0.4, -0.2) is 47.5 Å². The number of urea groups is 1. The highest BCUT2D eigenvalue weighted by Gasteiger charge is 2.52. The van der Waals surface area contributed by atoms with Crippen LogP contribution in [0.1, 0.15) is 39.5 Å².